The van der Waals surface area contributed by atoms with Crippen LogP contribution in [0.1, 0.15) is 60.3 Å². The number of hydrogen-bond donors (Lipinski definition) is 1. The van der Waals surface area contributed by atoms with Crippen LogP contribution < -0.4 is 0 Å². The Hall–Kier alpha value is -3.82. The fourth-order valence-corrected chi connectivity index (χ4v) is 4.59. The molecule has 0 saturated heterocycles. The first-order chi connectivity index (χ1) is 17.7. The van der Waals surface area contributed by atoms with Crippen molar-refractivity contribution >= 4 is 12.1 Å². The number of ketones is 1. The SMILES string of the molecule is CC(C)(O)C(=O)c1ccc(Cc2ccc(-c3cccc4c3Cc3ccccc3-4)cc2)cc1.CC(C)C=O. The van der Waals surface area contributed by atoms with Crippen molar-refractivity contribution in [2.75, 3.05) is 0 Å². The van der Waals surface area contributed by atoms with Gasteiger partial charge in [-0.2, -0.15) is 0 Å². The molecule has 37 heavy (non-hydrogen) atoms. The predicted octanol–water partition coefficient (Wildman–Crippen LogP) is 7.31. The Balaban J connectivity index is 0.000000586. The predicted molar refractivity (Wildman–Crippen MR) is 151 cm³/mol. The van der Waals surface area contributed by atoms with Gasteiger partial charge in [-0.3, -0.25) is 4.79 Å². The molecule has 0 amide bonds. The topological polar surface area (TPSA) is 54.4 Å². The summed E-state index contributed by atoms with van der Waals surface area (Å²) in [7, 11) is 0. The maximum atomic E-state index is 12.2. The molecular formula is C34H34O3. The third-order valence-electron chi connectivity index (χ3n) is 6.57. The second-order valence-electron chi connectivity index (χ2n) is 10.5. The zero-order valence-electron chi connectivity index (χ0n) is 22.0. The minimum absolute atomic E-state index is 0.204. The molecule has 0 heterocycles. The van der Waals surface area contributed by atoms with Gasteiger partial charge in [0.25, 0.3) is 0 Å². The lowest BCUT2D eigenvalue weighted by Gasteiger charge is -2.15. The normalized spacial score (nSPS) is 11.8. The number of benzene rings is 4. The lowest BCUT2D eigenvalue weighted by molar-refractivity contribution is -0.110. The van der Waals surface area contributed by atoms with Gasteiger partial charge in [-0.15, -0.1) is 0 Å². The van der Waals surface area contributed by atoms with Gasteiger partial charge in [0.05, 0.1) is 0 Å². The Kier molecular flexibility index (Phi) is 7.85. The van der Waals surface area contributed by atoms with E-state index in [2.05, 4.69) is 66.7 Å². The molecule has 0 aliphatic heterocycles. The minimum atomic E-state index is -1.35. The van der Waals surface area contributed by atoms with Crippen LogP contribution in [-0.2, 0) is 17.6 Å². The van der Waals surface area contributed by atoms with Crippen LogP contribution in [0.2, 0.25) is 0 Å². The molecule has 0 aromatic heterocycles. The van der Waals surface area contributed by atoms with Crippen LogP contribution in [0.15, 0.2) is 91.0 Å². The molecular weight excluding hydrogens is 456 g/mol. The molecule has 1 N–H and O–H groups in total. The second-order valence-corrected chi connectivity index (χ2v) is 10.5. The van der Waals surface area contributed by atoms with Crippen LogP contribution in [0.3, 0.4) is 0 Å². The molecule has 1 aliphatic carbocycles. The Morgan fingerprint density at radius 1 is 0.811 bits per heavy atom. The summed E-state index contributed by atoms with van der Waals surface area (Å²) in [6.07, 6.45) is 2.70. The average Bonchev–Trinajstić information content (AvgIpc) is 3.28. The highest BCUT2D eigenvalue weighted by molar-refractivity contribution is 6.01. The molecule has 1 aliphatic rings. The van der Waals surface area contributed by atoms with Crippen molar-refractivity contribution in [2.45, 2.75) is 46.1 Å². The van der Waals surface area contributed by atoms with Gasteiger partial charge >= 0.3 is 0 Å². The number of carbonyl (C=O) groups is 2. The van der Waals surface area contributed by atoms with Crippen molar-refractivity contribution < 1.29 is 14.7 Å². The van der Waals surface area contributed by atoms with Gasteiger partial charge in [-0.05, 0) is 71.2 Å². The van der Waals surface area contributed by atoms with Crippen molar-refractivity contribution in [3.8, 4) is 22.3 Å². The molecule has 4 aromatic rings. The number of hydrogen-bond acceptors (Lipinski definition) is 3. The molecule has 3 nitrogen and oxygen atoms in total. The van der Waals surface area contributed by atoms with Gasteiger partial charge in [0.15, 0.2) is 5.78 Å². The molecule has 0 fully saturated rings. The summed E-state index contributed by atoms with van der Waals surface area (Å²) in [5.41, 5.74) is 9.62. The van der Waals surface area contributed by atoms with Crippen molar-refractivity contribution in [3.63, 3.8) is 0 Å². The first kappa shape index (κ1) is 26.2. The Labute approximate surface area is 219 Å². The van der Waals surface area contributed by atoms with E-state index in [1.807, 2.05) is 26.0 Å². The summed E-state index contributed by atoms with van der Waals surface area (Å²) in [6.45, 7) is 6.75. The van der Waals surface area contributed by atoms with E-state index in [0.717, 1.165) is 24.7 Å². The number of Topliss-reactive ketones (excluding diaryl/α,β-unsaturated/α-hetero) is 1. The van der Waals surface area contributed by atoms with E-state index in [-0.39, 0.29) is 11.7 Å². The standard InChI is InChI=1S/C30H26O2.C4H8O/c1-30(2,32)29(31)23-16-12-21(13-17-23)18-20-10-14-22(15-11-20)25-8-5-9-27-26-7-4-3-6-24(26)19-28(25)27;1-4(2)3-5/h3-17,32H,18-19H2,1-2H3;3-4H,1-2H3. The fourth-order valence-electron chi connectivity index (χ4n) is 4.59. The number of fused-ring (bicyclic) bond motifs is 3. The van der Waals surface area contributed by atoms with Gasteiger partial charge in [0, 0.05) is 11.5 Å². The molecule has 0 radical (unpaired) electrons. The van der Waals surface area contributed by atoms with E-state index in [4.69, 9.17) is 0 Å². The highest BCUT2D eigenvalue weighted by Gasteiger charge is 2.25. The zero-order valence-corrected chi connectivity index (χ0v) is 22.0. The van der Waals surface area contributed by atoms with E-state index >= 15 is 0 Å². The van der Waals surface area contributed by atoms with Crippen molar-refractivity contribution in [1.29, 1.82) is 0 Å². The molecule has 188 valence electrons. The Morgan fingerprint density at radius 2 is 1.35 bits per heavy atom. The Bertz CT molecular complexity index is 1390. The highest BCUT2D eigenvalue weighted by Crippen LogP contribution is 2.41. The maximum absolute atomic E-state index is 12.2. The first-order valence-corrected chi connectivity index (χ1v) is 12.8. The summed E-state index contributed by atoms with van der Waals surface area (Å²) in [5.74, 6) is -0.0547. The highest BCUT2D eigenvalue weighted by atomic mass is 16.3. The fraction of sp³-hybridized carbons (Fsp3) is 0.235. The van der Waals surface area contributed by atoms with Gasteiger partial charge in [-0.1, -0.05) is 105 Å². The summed E-state index contributed by atoms with van der Waals surface area (Å²) in [6, 6.07) is 31.6. The zero-order chi connectivity index (χ0) is 26.6. The lowest BCUT2D eigenvalue weighted by atomic mass is 9.93. The maximum Gasteiger partial charge on any atom is 0.193 e. The second kappa shape index (κ2) is 11.1. The van der Waals surface area contributed by atoms with E-state index in [9.17, 15) is 14.7 Å². The average molecular weight is 491 g/mol. The molecule has 0 unspecified atom stereocenters. The van der Waals surface area contributed by atoms with E-state index in [1.54, 1.807) is 12.1 Å². The van der Waals surface area contributed by atoms with Crippen LogP contribution in [0.5, 0.6) is 0 Å². The smallest absolute Gasteiger partial charge is 0.193 e. The molecule has 0 atom stereocenters. The van der Waals surface area contributed by atoms with Gasteiger partial charge in [0.2, 0.25) is 0 Å². The summed E-state index contributed by atoms with van der Waals surface area (Å²) < 4.78 is 0. The van der Waals surface area contributed by atoms with Crippen molar-refractivity contribution in [1.82, 2.24) is 0 Å². The monoisotopic (exact) mass is 490 g/mol. The molecule has 0 bridgehead atoms. The number of aldehydes is 1. The van der Waals surface area contributed by atoms with Crippen LogP contribution >= 0.6 is 0 Å². The quantitative estimate of drug-likeness (QED) is 0.201. The summed E-state index contributed by atoms with van der Waals surface area (Å²) in [5, 5.41) is 9.92. The summed E-state index contributed by atoms with van der Waals surface area (Å²) >= 11 is 0. The number of aliphatic hydroxyl groups is 1. The van der Waals surface area contributed by atoms with E-state index < -0.39 is 5.60 Å². The third kappa shape index (κ3) is 6.12. The summed E-state index contributed by atoms with van der Waals surface area (Å²) in [4.78, 5) is 21.7. The van der Waals surface area contributed by atoms with Crippen LogP contribution in [-0.4, -0.2) is 22.8 Å². The van der Waals surface area contributed by atoms with Crippen LogP contribution in [0, 0.1) is 5.92 Å². The van der Waals surface area contributed by atoms with Crippen molar-refractivity contribution in [3.05, 3.63) is 119 Å². The minimum Gasteiger partial charge on any atom is -0.382 e. The Morgan fingerprint density at radius 3 is 1.95 bits per heavy atom. The lowest BCUT2D eigenvalue weighted by Crippen LogP contribution is -2.31. The van der Waals surface area contributed by atoms with Gasteiger partial charge in [-0.25, -0.2) is 0 Å². The van der Waals surface area contributed by atoms with Crippen LogP contribution in [0.25, 0.3) is 22.3 Å². The molecule has 0 spiro atoms. The number of carbonyl (C=O) groups excluding carboxylic acids is 2. The molecule has 3 heteroatoms. The first-order valence-electron chi connectivity index (χ1n) is 12.8. The molecule has 4 aromatic carbocycles. The number of rotatable bonds is 6. The van der Waals surface area contributed by atoms with E-state index in [1.165, 1.54) is 52.8 Å². The molecule has 0 saturated carbocycles. The van der Waals surface area contributed by atoms with Gasteiger partial charge < -0.3 is 9.90 Å². The van der Waals surface area contributed by atoms with E-state index in [0.29, 0.717) is 5.56 Å². The largest absolute Gasteiger partial charge is 0.382 e. The van der Waals surface area contributed by atoms with Crippen molar-refractivity contribution in [2.24, 2.45) is 5.92 Å². The van der Waals surface area contributed by atoms with Gasteiger partial charge in [0.1, 0.15) is 11.9 Å². The third-order valence-corrected chi connectivity index (χ3v) is 6.57. The van der Waals surface area contributed by atoms with Crippen LogP contribution in [0.4, 0.5) is 0 Å². The molecule has 5 rings (SSSR count).